The van der Waals surface area contributed by atoms with E-state index in [0.717, 1.165) is 12.5 Å². The van der Waals surface area contributed by atoms with Gasteiger partial charge in [0.1, 0.15) is 0 Å². The first kappa shape index (κ1) is 12.6. The Kier molecular flexibility index (Phi) is 3.67. The van der Waals surface area contributed by atoms with E-state index < -0.39 is 0 Å². The van der Waals surface area contributed by atoms with Crippen molar-refractivity contribution in [3.05, 3.63) is 35.9 Å². The molecule has 2 atom stereocenters. The smallest absolute Gasteiger partial charge is 0.0349 e. The van der Waals surface area contributed by atoms with Gasteiger partial charge < -0.3 is 5.32 Å². The van der Waals surface area contributed by atoms with Crippen molar-refractivity contribution in [1.82, 2.24) is 5.32 Å². The molecule has 1 aliphatic carbocycles. The summed E-state index contributed by atoms with van der Waals surface area (Å²) in [6.07, 6.45) is 5.56. The van der Waals surface area contributed by atoms with Gasteiger partial charge in [-0.3, -0.25) is 0 Å². The van der Waals surface area contributed by atoms with Crippen LogP contribution in [0.25, 0.3) is 0 Å². The zero-order valence-electron chi connectivity index (χ0n) is 11.2. The predicted molar refractivity (Wildman–Crippen MR) is 80.0 cm³/mol. The largest absolute Gasteiger partial charge is 0.308 e. The van der Waals surface area contributed by atoms with Crippen LogP contribution >= 0.6 is 11.8 Å². The third-order valence-corrected chi connectivity index (χ3v) is 5.79. The zero-order chi connectivity index (χ0) is 12.4. The molecule has 1 aromatic rings. The molecule has 0 amide bonds. The van der Waals surface area contributed by atoms with Crippen LogP contribution in [0.1, 0.15) is 44.2 Å². The molecule has 2 aliphatic rings. The molecule has 1 N–H and O–H groups in total. The van der Waals surface area contributed by atoms with E-state index in [0.29, 0.717) is 10.8 Å². The van der Waals surface area contributed by atoms with Crippen molar-refractivity contribution >= 4 is 11.8 Å². The lowest BCUT2D eigenvalue weighted by Crippen LogP contribution is -2.36. The summed E-state index contributed by atoms with van der Waals surface area (Å²) in [5, 5.41) is 3.86. The number of rotatable bonds is 5. The fourth-order valence-electron chi connectivity index (χ4n) is 2.95. The van der Waals surface area contributed by atoms with Gasteiger partial charge >= 0.3 is 0 Å². The normalized spacial score (nSPS) is 29.4. The van der Waals surface area contributed by atoms with Crippen LogP contribution in [0.15, 0.2) is 30.3 Å². The van der Waals surface area contributed by atoms with E-state index in [-0.39, 0.29) is 0 Å². The summed E-state index contributed by atoms with van der Waals surface area (Å²) in [6, 6.07) is 11.6. The van der Waals surface area contributed by atoms with E-state index in [1.807, 2.05) is 0 Å². The molecule has 0 bridgehead atoms. The maximum atomic E-state index is 3.86. The van der Waals surface area contributed by atoms with E-state index in [1.54, 1.807) is 0 Å². The first-order chi connectivity index (χ1) is 8.77. The van der Waals surface area contributed by atoms with Crippen LogP contribution in [0.5, 0.6) is 0 Å². The maximum absolute atomic E-state index is 3.86. The summed E-state index contributed by atoms with van der Waals surface area (Å²) in [5.74, 6) is 2.22. The van der Waals surface area contributed by atoms with Gasteiger partial charge in [0.2, 0.25) is 0 Å². The lowest BCUT2D eigenvalue weighted by atomic mass is 10.00. The molecule has 0 spiro atoms. The molecule has 3 rings (SSSR count). The van der Waals surface area contributed by atoms with Crippen LogP contribution in [0.4, 0.5) is 0 Å². The predicted octanol–water partition coefficient (Wildman–Crippen LogP) is 4.01. The lowest BCUT2D eigenvalue weighted by Gasteiger charge is -2.27. The van der Waals surface area contributed by atoms with Crippen LogP contribution in [-0.4, -0.2) is 17.0 Å². The highest BCUT2D eigenvalue weighted by Crippen LogP contribution is 2.42. The van der Waals surface area contributed by atoms with Crippen LogP contribution in [0.2, 0.25) is 0 Å². The van der Waals surface area contributed by atoms with Crippen molar-refractivity contribution in [2.75, 3.05) is 12.3 Å². The minimum absolute atomic E-state index is 0.474. The molecule has 1 saturated carbocycles. The van der Waals surface area contributed by atoms with Gasteiger partial charge in [-0.2, -0.15) is 11.8 Å². The Bertz CT molecular complexity index is 379. The molecule has 1 aliphatic heterocycles. The van der Waals surface area contributed by atoms with E-state index in [9.17, 15) is 0 Å². The van der Waals surface area contributed by atoms with Gasteiger partial charge in [-0.25, -0.2) is 0 Å². The molecule has 1 heterocycles. The molecule has 2 heteroatoms. The Morgan fingerprint density at radius 2 is 2.11 bits per heavy atom. The average Bonchev–Trinajstić information content (AvgIpc) is 3.13. The summed E-state index contributed by atoms with van der Waals surface area (Å²) in [7, 11) is 0. The number of hydrogen-bond donors (Lipinski definition) is 1. The summed E-state index contributed by atoms with van der Waals surface area (Å²) in [4.78, 5) is 0. The second-order valence-electron chi connectivity index (χ2n) is 6.01. The standard InChI is InChI=1S/C16H23NS/c1-16(10-5-11-18-16)12-17-15(14-8-9-14)13-6-3-2-4-7-13/h2-4,6-7,14-15,17H,5,8-12H2,1H3. The average molecular weight is 261 g/mol. The minimum atomic E-state index is 0.474. The van der Waals surface area contributed by atoms with Gasteiger partial charge in [0.15, 0.2) is 0 Å². The van der Waals surface area contributed by atoms with E-state index in [1.165, 1.54) is 37.0 Å². The molecule has 98 valence electrons. The number of hydrogen-bond acceptors (Lipinski definition) is 2. The van der Waals surface area contributed by atoms with Crippen molar-refractivity contribution in [2.45, 2.75) is 43.4 Å². The zero-order valence-corrected chi connectivity index (χ0v) is 12.0. The number of nitrogens with one attached hydrogen (secondary N) is 1. The highest BCUT2D eigenvalue weighted by molar-refractivity contribution is 8.00. The topological polar surface area (TPSA) is 12.0 Å². The van der Waals surface area contributed by atoms with Crippen LogP contribution < -0.4 is 5.32 Å². The number of thioether (sulfide) groups is 1. The Morgan fingerprint density at radius 1 is 1.33 bits per heavy atom. The fraction of sp³-hybridized carbons (Fsp3) is 0.625. The van der Waals surface area contributed by atoms with E-state index in [4.69, 9.17) is 0 Å². The third-order valence-electron chi connectivity index (χ3n) is 4.25. The molecule has 1 aromatic carbocycles. The molecule has 18 heavy (non-hydrogen) atoms. The van der Waals surface area contributed by atoms with E-state index >= 15 is 0 Å². The first-order valence-electron chi connectivity index (χ1n) is 7.19. The SMILES string of the molecule is CC1(CNC(c2ccccc2)C2CC2)CCCS1. The third kappa shape index (κ3) is 2.92. The van der Waals surface area contributed by atoms with Crippen molar-refractivity contribution < 1.29 is 0 Å². The molecular weight excluding hydrogens is 238 g/mol. The lowest BCUT2D eigenvalue weighted by molar-refractivity contribution is 0.438. The number of benzene rings is 1. The molecule has 0 radical (unpaired) electrons. The highest BCUT2D eigenvalue weighted by Gasteiger charge is 2.35. The molecular formula is C16H23NS. The Balaban J connectivity index is 1.64. The molecule has 0 aromatic heterocycles. The van der Waals surface area contributed by atoms with Gasteiger partial charge in [-0.05, 0) is 49.8 Å². The highest BCUT2D eigenvalue weighted by atomic mass is 32.2. The van der Waals surface area contributed by atoms with Gasteiger partial charge in [0, 0.05) is 17.3 Å². The van der Waals surface area contributed by atoms with Crippen LogP contribution in [-0.2, 0) is 0 Å². The van der Waals surface area contributed by atoms with Crippen molar-refractivity contribution in [3.63, 3.8) is 0 Å². The Hall–Kier alpha value is -0.470. The summed E-state index contributed by atoms with van der Waals surface area (Å²) in [5.41, 5.74) is 1.48. The van der Waals surface area contributed by atoms with Crippen LogP contribution in [0.3, 0.4) is 0 Å². The van der Waals surface area contributed by atoms with Gasteiger partial charge in [0.25, 0.3) is 0 Å². The summed E-state index contributed by atoms with van der Waals surface area (Å²) < 4.78 is 0.474. The van der Waals surface area contributed by atoms with Gasteiger partial charge in [-0.15, -0.1) is 0 Å². The summed E-state index contributed by atoms with van der Waals surface area (Å²) >= 11 is 2.15. The molecule has 2 unspecified atom stereocenters. The fourth-order valence-corrected chi connectivity index (χ4v) is 4.20. The molecule has 1 nitrogen and oxygen atoms in total. The van der Waals surface area contributed by atoms with Gasteiger partial charge in [0.05, 0.1) is 0 Å². The van der Waals surface area contributed by atoms with Crippen molar-refractivity contribution in [2.24, 2.45) is 5.92 Å². The van der Waals surface area contributed by atoms with Crippen molar-refractivity contribution in [1.29, 1.82) is 0 Å². The monoisotopic (exact) mass is 261 g/mol. The minimum Gasteiger partial charge on any atom is -0.308 e. The van der Waals surface area contributed by atoms with E-state index in [2.05, 4.69) is 54.3 Å². The molecule has 2 fully saturated rings. The second kappa shape index (κ2) is 5.26. The van der Waals surface area contributed by atoms with Gasteiger partial charge in [-0.1, -0.05) is 30.3 Å². The first-order valence-corrected chi connectivity index (χ1v) is 8.18. The Labute approximate surface area is 115 Å². The summed E-state index contributed by atoms with van der Waals surface area (Å²) in [6.45, 7) is 3.58. The Morgan fingerprint density at radius 3 is 2.72 bits per heavy atom. The molecule has 1 saturated heterocycles. The maximum Gasteiger partial charge on any atom is 0.0349 e. The van der Waals surface area contributed by atoms with Crippen LogP contribution in [0, 0.1) is 5.92 Å². The second-order valence-corrected chi connectivity index (χ2v) is 7.69. The van der Waals surface area contributed by atoms with Crippen molar-refractivity contribution in [3.8, 4) is 0 Å². The quantitative estimate of drug-likeness (QED) is 0.859.